The van der Waals surface area contributed by atoms with E-state index in [9.17, 15) is 50.4 Å². The van der Waals surface area contributed by atoms with Crippen LogP contribution in [0.4, 0.5) is 0 Å². The Morgan fingerprint density at radius 3 is 2.09 bits per heavy atom. The Morgan fingerprint density at radius 1 is 0.731 bits per heavy atom. The molecule has 67 heavy (non-hydrogen) atoms. The topological polar surface area (TPSA) is 261 Å². The summed E-state index contributed by atoms with van der Waals surface area (Å²) in [7, 11) is 0. The van der Waals surface area contributed by atoms with Crippen LogP contribution < -0.4 is 0 Å². The van der Waals surface area contributed by atoms with Gasteiger partial charge in [-0.2, -0.15) is 0 Å². The summed E-state index contributed by atoms with van der Waals surface area (Å²) < 4.78 is 42.9. The molecule has 24 atom stereocenters. The molecule has 8 N–H and O–H groups in total. The Balaban J connectivity index is 1.07. The van der Waals surface area contributed by atoms with Crippen LogP contribution in [-0.4, -0.2) is 164 Å². The molecule has 382 valence electrons. The minimum atomic E-state index is -1.73. The van der Waals surface area contributed by atoms with Gasteiger partial charge in [-0.15, -0.1) is 0 Å². The molecule has 0 aromatic heterocycles. The second-order valence-corrected chi connectivity index (χ2v) is 23.6. The van der Waals surface area contributed by atoms with Crippen LogP contribution in [0.2, 0.25) is 0 Å². The third-order valence-corrected chi connectivity index (χ3v) is 19.3. The van der Waals surface area contributed by atoms with Gasteiger partial charge in [-0.25, -0.2) is 4.79 Å². The van der Waals surface area contributed by atoms with Crippen LogP contribution in [0.15, 0.2) is 11.6 Å². The fraction of sp³-hybridized carbons (Fsp3) is 0.920. The van der Waals surface area contributed by atoms with Crippen molar-refractivity contribution in [1.29, 1.82) is 0 Å². The number of cyclic esters (lactones) is 1. The summed E-state index contributed by atoms with van der Waals surface area (Å²) in [5.74, 6) is -1.27. The van der Waals surface area contributed by atoms with E-state index in [-0.39, 0.29) is 66.2 Å². The molecule has 17 heteroatoms. The molecule has 0 amide bonds. The van der Waals surface area contributed by atoms with Gasteiger partial charge in [-0.05, 0) is 124 Å². The van der Waals surface area contributed by atoms with Crippen molar-refractivity contribution >= 4 is 11.9 Å². The maximum Gasteiger partial charge on any atom is 0.339 e. The lowest BCUT2D eigenvalue weighted by molar-refractivity contribution is -0.356. The largest absolute Gasteiger partial charge is 0.465 e. The molecule has 5 unspecified atom stereocenters. The summed E-state index contributed by atoms with van der Waals surface area (Å²) in [6.45, 7) is 18.0. The second kappa shape index (κ2) is 18.6. The predicted octanol–water partition coefficient (Wildman–Crippen LogP) is 2.42. The van der Waals surface area contributed by atoms with Gasteiger partial charge in [0.05, 0.1) is 37.6 Å². The van der Waals surface area contributed by atoms with Gasteiger partial charge in [0.15, 0.2) is 18.2 Å². The first kappa shape index (κ1) is 51.5. The molecule has 5 aliphatic carbocycles. The Bertz CT molecular complexity index is 1840. The summed E-state index contributed by atoms with van der Waals surface area (Å²) >= 11 is 0. The van der Waals surface area contributed by atoms with Crippen molar-refractivity contribution in [3.63, 3.8) is 0 Å². The van der Waals surface area contributed by atoms with Gasteiger partial charge in [-0.1, -0.05) is 40.2 Å². The van der Waals surface area contributed by atoms with E-state index in [2.05, 4.69) is 34.6 Å². The van der Waals surface area contributed by atoms with E-state index >= 15 is 0 Å². The SMILES string of the molecule is CC(=O)OC[C@H]1C[C@@H](O[C@H]2CC[C@@]3(C)C(CC[C@]4(C)C3CCC3C([C@@]5(O)CC(C=C(C)C)OC5=O)CC[C@]34C)C2(C)C)[C@H](O[C@H]2O[C@@H](C)[C@H](O)[C@@H](O)[C@H]2O)[C@@H](O[C@@H]2OC[C@@H](O)[C@H](O)[C@H]2O)[C@@H]1O. The lowest BCUT2D eigenvalue weighted by Gasteiger charge is -2.70. The third-order valence-electron chi connectivity index (χ3n) is 19.3. The molecular formula is C50H80O17. The number of carbonyl (C=O) groups is 2. The van der Waals surface area contributed by atoms with E-state index in [4.69, 9.17) is 33.2 Å². The first-order valence-corrected chi connectivity index (χ1v) is 25.0. The molecule has 0 radical (unpaired) electrons. The first-order chi connectivity index (χ1) is 31.3. The number of ether oxygens (including phenoxy) is 7. The minimum Gasteiger partial charge on any atom is -0.465 e. The van der Waals surface area contributed by atoms with Crippen LogP contribution in [0.3, 0.4) is 0 Å². The lowest BCUT2D eigenvalue weighted by Crippen LogP contribution is -2.66. The van der Waals surface area contributed by atoms with Crippen LogP contribution >= 0.6 is 0 Å². The Kier molecular flexibility index (Phi) is 14.3. The molecule has 0 bridgehead atoms. The zero-order valence-electron chi connectivity index (χ0n) is 40.9. The van der Waals surface area contributed by atoms with E-state index in [0.717, 1.165) is 50.5 Å². The molecule has 8 aliphatic rings. The number of rotatable bonds is 10. The van der Waals surface area contributed by atoms with Crippen molar-refractivity contribution in [3.8, 4) is 0 Å². The van der Waals surface area contributed by atoms with E-state index in [1.54, 1.807) is 0 Å². The zero-order valence-corrected chi connectivity index (χ0v) is 40.9. The van der Waals surface area contributed by atoms with E-state index in [1.165, 1.54) is 13.8 Å². The second-order valence-electron chi connectivity index (χ2n) is 23.6. The van der Waals surface area contributed by atoms with Gasteiger partial charge in [0, 0.05) is 25.2 Å². The van der Waals surface area contributed by atoms with Gasteiger partial charge in [0.2, 0.25) is 0 Å². The van der Waals surface area contributed by atoms with Crippen LogP contribution in [0.1, 0.15) is 127 Å². The fourth-order valence-electron chi connectivity index (χ4n) is 15.6. The van der Waals surface area contributed by atoms with Gasteiger partial charge in [0.1, 0.15) is 54.9 Å². The summed E-state index contributed by atoms with van der Waals surface area (Å²) in [4.78, 5) is 25.6. The van der Waals surface area contributed by atoms with Gasteiger partial charge < -0.3 is 74.0 Å². The monoisotopic (exact) mass is 953 g/mol. The van der Waals surface area contributed by atoms with Crippen molar-refractivity contribution in [1.82, 2.24) is 0 Å². The molecular weight excluding hydrogens is 873 g/mol. The van der Waals surface area contributed by atoms with Gasteiger partial charge in [-0.3, -0.25) is 4.79 Å². The average Bonchev–Trinajstić information content (AvgIpc) is 3.76. The van der Waals surface area contributed by atoms with Gasteiger partial charge in [0.25, 0.3) is 0 Å². The highest BCUT2D eigenvalue weighted by molar-refractivity contribution is 5.82. The smallest absolute Gasteiger partial charge is 0.339 e. The number of hydrogen-bond acceptors (Lipinski definition) is 17. The Labute approximate surface area is 394 Å². The molecule has 8 fully saturated rings. The predicted molar refractivity (Wildman–Crippen MR) is 237 cm³/mol. The molecule has 17 nitrogen and oxygen atoms in total. The van der Waals surface area contributed by atoms with Crippen molar-refractivity contribution < 1.29 is 83.6 Å². The summed E-state index contributed by atoms with van der Waals surface area (Å²) in [6, 6.07) is 0. The highest BCUT2D eigenvalue weighted by Crippen LogP contribution is 2.76. The first-order valence-electron chi connectivity index (χ1n) is 25.0. The molecule has 0 aromatic rings. The molecule has 3 heterocycles. The van der Waals surface area contributed by atoms with Crippen LogP contribution in [0.25, 0.3) is 0 Å². The van der Waals surface area contributed by atoms with Crippen LogP contribution in [0, 0.1) is 51.2 Å². The number of carbonyl (C=O) groups excluding carboxylic acids is 2. The van der Waals surface area contributed by atoms with Gasteiger partial charge >= 0.3 is 11.9 Å². The summed E-state index contributed by atoms with van der Waals surface area (Å²) in [5, 5.41) is 88.5. The number of fused-ring (bicyclic) bond motifs is 5. The van der Waals surface area contributed by atoms with Crippen LogP contribution in [-0.2, 0) is 42.7 Å². The van der Waals surface area contributed by atoms with Crippen molar-refractivity contribution in [2.75, 3.05) is 13.2 Å². The van der Waals surface area contributed by atoms with Crippen molar-refractivity contribution in [2.24, 2.45) is 51.2 Å². The number of allylic oxidation sites excluding steroid dienone is 1. The Morgan fingerprint density at radius 2 is 1.40 bits per heavy atom. The number of aliphatic hydroxyl groups is 8. The normalized spacial score (nSPS) is 52.9. The number of aliphatic hydroxyl groups excluding tert-OH is 7. The quantitative estimate of drug-likeness (QED) is 0.116. The summed E-state index contributed by atoms with van der Waals surface area (Å²) in [5.41, 5.74) is -1.13. The van der Waals surface area contributed by atoms with Crippen molar-refractivity contribution in [3.05, 3.63) is 11.6 Å². The Hall–Kier alpha value is -1.84. The standard InChI is InChI=1S/C50H80O17/c1-23(2)18-27-20-50(60,45(59)64-27)29-12-16-48(8)28(29)10-11-33-47(7)15-14-34(46(5,6)32(47)13-17-49(33,48)9)65-31-19-26(21-61-25(4)51)36(54)42(67-43-39(57)37(55)30(52)22-62-43)41(31)66-44-40(58)38(56)35(53)24(3)63-44/h18,24,26-44,52-58,60H,10-17,19-22H2,1-9H3/t24-,26+,27?,28?,29?,30+,31+,32?,33?,34-,35-,36+,37-,38+,39+,40+,41-,42-,43-,44+,47-,48+,49+,50-/m0/s1. The van der Waals surface area contributed by atoms with Crippen LogP contribution in [0.5, 0.6) is 0 Å². The number of hydrogen-bond donors (Lipinski definition) is 8. The fourth-order valence-corrected chi connectivity index (χ4v) is 15.6. The third kappa shape index (κ3) is 8.66. The molecule has 3 saturated heterocycles. The molecule has 0 spiro atoms. The average molecular weight is 953 g/mol. The molecule has 8 rings (SSSR count). The molecule has 3 aliphatic heterocycles. The maximum atomic E-state index is 13.5. The number of esters is 2. The highest BCUT2D eigenvalue weighted by atomic mass is 16.7. The van der Waals surface area contributed by atoms with E-state index in [1.807, 2.05) is 19.9 Å². The molecule has 5 saturated carbocycles. The highest BCUT2D eigenvalue weighted by Gasteiger charge is 2.71. The van der Waals surface area contributed by atoms with E-state index in [0.29, 0.717) is 12.3 Å². The minimum absolute atomic E-state index is 0.0592. The lowest BCUT2D eigenvalue weighted by atomic mass is 9.35. The summed E-state index contributed by atoms with van der Waals surface area (Å²) in [6.07, 6.45) is -10.1. The molecule has 0 aromatic carbocycles. The zero-order chi connectivity index (χ0) is 48.9. The maximum absolute atomic E-state index is 13.5. The van der Waals surface area contributed by atoms with Crippen molar-refractivity contribution in [2.45, 2.75) is 224 Å². The van der Waals surface area contributed by atoms with E-state index < -0.39 is 115 Å².